The van der Waals surface area contributed by atoms with E-state index in [2.05, 4.69) is 0 Å². The van der Waals surface area contributed by atoms with Gasteiger partial charge in [-0.15, -0.1) is 0 Å². The number of aryl methyl sites for hydroxylation is 1. The van der Waals surface area contributed by atoms with Crippen molar-refractivity contribution in [1.82, 2.24) is 4.90 Å². The van der Waals surface area contributed by atoms with Crippen molar-refractivity contribution in [3.8, 4) is 0 Å². The summed E-state index contributed by atoms with van der Waals surface area (Å²) in [7, 11) is 0. The molecule has 0 spiro atoms. The van der Waals surface area contributed by atoms with E-state index >= 15 is 0 Å². The normalized spacial score (nSPS) is 26.3. The molecular formula is C20H24N2O3. The van der Waals surface area contributed by atoms with E-state index in [1.165, 1.54) is 4.90 Å². The van der Waals surface area contributed by atoms with Crippen molar-refractivity contribution >= 4 is 23.4 Å². The lowest BCUT2D eigenvalue weighted by molar-refractivity contribution is -0.122. The van der Waals surface area contributed by atoms with E-state index < -0.39 is 0 Å². The lowest BCUT2D eigenvalue weighted by Crippen LogP contribution is -2.32. The maximum Gasteiger partial charge on any atom is 0.253 e. The Morgan fingerprint density at radius 3 is 2.16 bits per heavy atom. The lowest BCUT2D eigenvalue weighted by atomic mass is 9.81. The molecule has 3 aliphatic rings. The monoisotopic (exact) mass is 340 g/mol. The number of hydrogen-bond donors (Lipinski definition) is 0. The fourth-order valence-electron chi connectivity index (χ4n) is 4.49. The summed E-state index contributed by atoms with van der Waals surface area (Å²) >= 11 is 0. The van der Waals surface area contributed by atoms with E-state index in [1.54, 1.807) is 12.1 Å². The molecule has 0 unspecified atom stereocenters. The molecule has 2 heterocycles. The van der Waals surface area contributed by atoms with Crippen LogP contribution in [-0.4, -0.2) is 35.7 Å². The molecular weight excluding hydrogens is 316 g/mol. The van der Waals surface area contributed by atoms with Crippen LogP contribution in [0.25, 0.3) is 0 Å². The summed E-state index contributed by atoms with van der Waals surface area (Å²) in [6, 6.07) is 5.39. The van der Waals surface area contributed by atoms with Gasteiger partial charge in [0.25, 0.3) is 5.91 Å². The molecule has 3 fully saturated rings. The molecule has 3 amide bonds. The third-order valence-electron chi connectivity index (χ3n) is 5.93. The third kappa shape index (κ3) is 2.66. The fourth-order valence-corrected chi connectivity index (χ4v) is 4.49. The summed E-state index contributed by atoms with van der Waals surface area (Å²) in [4.78, 5) is 41.6. The van der Waals surface area contributed by atoms with Crippen LogP contribution in [-0.2, 0) is 9.59 Å². The predicted octanol–water partition coefficient (Wildman–Crippen LogP) is 2.91. The molecule has 1 aromatic carbocycles. The van der Waals surface area contributed by atoms with E-state index in [0.29, 0.717) is 11.3 Å². The summed E-state index contributed by atoms with van der Waals surface area (Å²) in [6.45, 7) is 3.46. The molecule has 1 saturated carbocycles. The van der Waals surface area contributed by atoms with Crippen molar-refractivity contribution in [3.63, 3.8) is 0 Å². The molecule has 0 radical (unpaired) electrons. The number of amides is 3. The van der Waals surface area contributed by atoms with E-state index in [0.717, 1.165) is 57.2 Å². The Bertz CT molecular complexity index is 712. The molecule has 2 atom stereocenters. The van der Waals surface area contributed by atoms with Gasteiger partial charge in [-0.05, 0) is 50.3 Å². The molecule has 0 aromatic heterocycles. The molecule has 1 aliphatic carbocycles. The van der Waals surface area contributed by atoms with Gasteiger partial charge in [-0.1, -0.05) is 18.9 Å². The number of hydrogen-bond acceptors (Lipinski definition) is 3. The molecule has 5 heteroatoms. The Kier molecular flexibility index (Phi) is 4.10. The third-order valence-corrected chi connectivity index (χ3v) is 5.93. The van der Waals surface area contributed by atoms with E-state index in [9.17, 15) is 14.4 Å². The average Bonchev–Trinajstić information content (AvgIpc) is 3.24. The first-order chi connectivity index (χ1) is 12.1. The van der Waals surface area contributed by atoms with Gasteiger partial charge in [-0.25, -0.2) is 4.90 Å². The SMILES string of the molecule is Cc1ccc(C(=O)N2CCCC2)cc1N1C(=O)[C@H]2CCCC[C@@H]2C1=O. The Balaban J connectivity index is 1.67. The molecule has 2 saturated heterocycles. The maximum atomic E-state index is 12.8. The zero-order chi connectivity index (χ0) is 17.6. The summed E-state index contributed by atoms with van der Waals surface area (Å²) in [5.41, 5.74) is 2.02. The quantitative estimate of drug-likeness (QED) is 0.778. The van der Waals surface area contributed by atoms with Crippen LogP contribution < -0.4 is 4.90 Å². The van der Waals surface area contributed by atoms with Gasteiger partial charge in [0.1, 0.15) is 0 Å². The molecule has 132 valence electrons. The second kappa shape index (κ2) is 6.28. The predicted molar refractivity (Wildman–Crippen MR) is 94.3 cm³/mol. The van der Waals surface area contributed by atoms with Crippen LogP contribution in [0, 0.1) is 18.8 Å². The molecule has 0 bridgehead atoms. The number of carbonyl (C=O) groups is 3. The first-order valence-electron chi connectivity index (χ1n) is 9.35. The lowest BCUT2D eigenvalue weighted by Gasteiger charge is -2.20. The van der Waals surface area contributed by atoms with Crippen molar-refractivity contribution in [2.45, 2.75) is 45.4 Å². The smallest absolute Gasteiger partial charge is 0.253 e. The highest BCUT2D eigenvalue weighted by molar-refractivity contribution is 6.22. The zero-order valence-corrected chi connectivity index (χ0v) is 14.7. The average molecular weight is 340 g/mol. The van der Waals surface area contributed by atoms with Crippen LogP contribution in [0.5, 0.6) is 0 Å². The molecule has 2 aliphatic heterocycles. The minimum absolute atomic E-state index is 0.00439. The van der Waals surface area contributed by atoms with Crippen LogP contribution in [0.3, 0.4) is 0 Å². The first-order valence-corrected chi connectivity index (χ1v) is 9.35. The summed E-state index contributed by atoms with van der Waals surface area (Å²) in [5, 5.41) is 0. The van der Waals surface area contributed by atoms with Crippen LogP contribution in [0.2, 0.25) is 0 Å². The minimum atomic E-state index is -0.168. The van der Waals surface area contributed by atoms with Gasteiger partial charge in [0.05, 0.1) is 17.5 Å². The second-order valence-electron chi connectivity index (χ2n) is 7.51. The van der Waals surface area contributed by atoms with Crippen molar-refractivity contribution in [2.24, 2.45) is 11.8 Å². The van der Waals surface area contributed by atoms with Gasteiger partial charge in [0.2, 0.25) is 11.8 Å². The number of imide groups is 1. The Morgan fingerprint density at radius 1 is 0.960 bits per heavy atom. The number of rotatable bonds is 2. The summed E-state index contributed by atoms with van der Waals surface area (Å²) in [6.07, 6.45) is 5.71. The number of likely N-dealkylation sites (tertiary alicyclic amines) is 1. The number of nitrogens with zero attached hydrogens (tertiary/aromatic N) is 2. The fraction of sp³-hybridized carbons (Fsp3) is 0.550. The zero-order valence-electron chi connectivity index (χ0n) is 14.7. The highest BCUT2D eigenvalue weighted by Crippen LogP contribution is 2.41. The number of anilines is 1. The highest BCUT2D eigenvalue weighted by atomic mass is 16.2. The number of benzene rings is 1. The second-order valence-corrected chi connectivity index (χ2v) is 7.51. The van der Waals surface area contributed by atoms with Crippen molar-refractivity contribution in [2.75, 3.05) is 18.0 Å². The van der Waals surface area contributed by atoms with E-state index in [4.69, 9.17) is 0 Å². The molecule has 4 rings (SSSR count). The molecule has 1 aromatic rings. The standard InChI is InChI=1S/C20H24N2O3/c1-13-8-9-14(18(23)21-10-4-5-11-21)12-17(13)22-19(24)15-6-2-3-7-16(15)20(22)25/h8-9,12,15-16H,2-7,10-11H2,1H3/t15-,16-/m0/s1. The molecule has 5 nitrogen and oxygen atoms in total. The van der Waals surface area contributed by atoms with E-state index in [-0.39, 0.29) is 29.6 Å². The summed E-state index contributed by atoms with van der Waals surface area (Å²) < 4.78 is 0. The molecule has 25 heavy (non-hydrogen) atoms. The van der Waals surface area contributed by atoms with Crippen LogP contribution in [0.1, 0.15) is 54.4 Å². The Labute approximate surface area is 148 Å². The molecule has 0 N–H and O–H groups in total. The van der Waals surface area contributed by atoms with Crippen LogP contribution in [0.4, 0.5) is 5.69 Å². The van der Waals surface area contributed by atoms with Crippen LogP contribution >= 0.6 is 0 Å². The van der Waals surface area contributed by atoms with Crippen molar-refractivity contribution < 1.29 is 14.4 Å². The van der Waals surface area contributed by atoms with Gasteiger partial charge >= 0.3 is 0 Å². The Hall–Kier alpha value is -2.17. The summed E-state index contributed by atoms with van der Waals surface area (Å²) in [5.74, 6) is -0.500. The first kappa shape index (κ1) is 16.3. The topological polar surface area (TPSA) is 57.7 Å². The maximum absolute atomic E-state index is 12.8. The number of fused-ring (bicyclic) bond motifs is 1. The largest absolute Gasteiger partial charge is 0.339 e. The van der Waals surface area contributed by atoms with Gasteiger partial charge in [0, 0.05) is 18.7 Å². The van der Waals surface area contributed by atoms with Gasteiger partial charge < -0.3 is 4.90 Å². The number of carbonyl (C=O) groups excluding carboxylic acids is 3. The highest BCUT2D eigenvalue weighted by Gasteiger charge is 2.49. The van der Waals surface area contributed by atoms with Crippen LogP contribution in [0.15, 0.2) is 18.2 Å². The van der Waals surface area contributed by atoms with Gasteiger partial charge in [-0.2, -0.15) is 0 Å². The van der Waals surface area contributed by atoms with Crippen molar-refractivity contribution in [3.05, 3.63) is 29.3 Å². The van der Waals surface area contributed by atoms with E-state index in [1.807, 2.05) is 17.9 Å². The Morgan fingerprint density at radius 2 is 1.56 bits per heavy atom. The minimum Gasteiger partial charge on any atom is -0.339 e. The van der Waals surface area contributed by atoms with Gasteiger partial charge in [0.15, 0.2) is 0 Å². The van der Waals surface area contributed by atoms with Gasteiger partial charge in [-0.3, -0.25) is 14.4 Å². The van der Waals surface area contributed by atoms with Crippen molar-refractivity contribution in [1.29, 1.82) is 0 Å².